The molecular weight excluding hydrogens is 332 g/mol. The first-order valence-electron chi connectivity index (χ1n) is 7.92. The number of hydrogen-bond acceptors (Lipinski definition) is 6. The van der Waals surface area contributed by atoms with E-state index in [2.05, 4.69) is 11.4 Å². The molecule has 6 nitrogen and oxygen atoms in total. The molecule has 1 saturated heterocycles. The number of anilines is 1. The van der Waals surface area contributed by atoms with Gasteiger partial charge in [0.15, 0.2) is 5.57 Å². The summed E-state index contributed by atoms with van der Waals surface area (Å²) in [7, 11) is 0. The average molecular weight is 348 g/mol. The van der Waals surface area contributed by atoms with E-state index in [1.165, 1.54) is 20.0 Å². The fourth-order valence-corrected chi connectivity index (χ4v) is 2.46. The summed E-state index contributed by atoms with van der Waals surface area (Å²) < 4.78 is 10.1. The largest absolute Gasteiger partial charge is 0.419 e. The molecular formula is C20H16N2O4. The number of benzene rings is 2. The summed E-state index contributed by atoms with van der Waals surface area (Å²) in [6.45, 7) is 2.99. The zero-order valence-electron chi connectivity index (χ0n) is 14.3. The van der Waals surface area contributed by atoms with Crippen molar-refractivity contribution < 1.29 is 19.1 Å². The summed E-state index contributed by atoms with van der Waals surface area (Å²) in [5.41, 5.74) is 2.94. The van der Waals surface area contributed by atoms with E-state index in [4.69, 9.17) is 14.7 Å². The highest BCUT2D eigenvalue weighted by Crippen LogP contribution is 2.25. The molecule has 0 aromatic heterocycles. The minimum Gasteiger partial charge on any atom is -0.419 e. The van der Waals surface area contributed by atoms with Gasteiger partial charge in [0.1, 0.15) is 0 Å². The van der Waals surface area contributed by atoms with Crippen LogP contribution >= 0.6 is 0 Å². The standard InChI is InChI=1S/C20H16N2O4/c1-20(2)25-18(23)17(19(24)26-20)12-22-16-5-3-4-15(10-16)14-8-6-13(11-21)7-9-14/h3-10,12,22H,1-2H3. The van der Waals surface area contributed by atoms with Crippen LogP contribution in [0.25, 0.3) is 11.1 Å². The number of nitrogens with zero attached hydrogens (tertiary/aromatic N) is 1. The van der Waals surface area contributed by atoms with Crippen LogP contribution in [0.5, 0.6) is 0 Å². The molecule has 1 aliphatic heterocycles. The van der Waals surface area contributed by atoms with Crippen LogP contribution in [0, 0.1) is 11.3 Å². The van der Waals surface area contributed by atoms with Gasteiger partial charge < -0.3 is 14.8 Å². The maximum atomic E-state index is 11.9. The van der Waals surface area contributed by atoms with Crippen molar-refractivity contribution in [3.05, 3.63) is 65.9 Å². The van der Waals surface area contributed by atoms with Gasteiger partial charge in [0.25, 0.3) is 5.79 Å². The van der Waals surface area contributed by atoms with E-state index >= 15 is 0 Å². The summed E-state index contributed by atoms with van der Waals surface area (Å²) in [5, 5.41) is 11.8. The number of rotatable bonds is 3. The topological polar surface area (TPSA) is 88.4 Å². The molecule has 0 unspecified atom stereocenters. The van der Waals surface area contributed by atoms with E-state index in [1.807, 2.05) is 30.3 Å². The average Bonchev–Trinajstić information content (AvgIpc) is 2.60. The van der Waals surface area contributed by atoms with Crippen molar-refractivity contribution in [2.24, 2.45) is 0 Å². The van der Waals surface area contributed by atoms with Gasteiger partial charge in [0, 0.05) is 25.7 Å². The Morgan fingerprint density at radius 3 is 2.27 bits per heavy atom. The Kier molecular flexibility index (Phi) is 4.46. The van der Waals surface area contributed by atoms with Gasteiger partial charge in [0.05, 0.1) is 11.6 Å². The van der Waals surface area contributed by atoms with E-state index < -0.39 is 17.7 Å². The van der Waals surface area contributed by atoms with E-state index in [0.29, 0.717) is 11.3 Å². The molecule has 0 spiro atoms. The van der Waals surface area contributed by atoms with Gasteiger partial charge in [-0.1, -0.05) is 24.3 Å². The summed E-state index contributed by atoms with van der Waals surface area (Å²) in [6, 6.07) is 16.7. The van der Waals surface area contributed by atoms with Crippen molar-refractivity contribution >= 4 is 17.6 Å². The fraction of sp³-hybridized carbons (Fsp3) is 0.150. The Labute approximate surface area is 150 Å². The van der Waals surface area contributed by atoms with Gasteiger partial charge in [-0.15, -0.1) is 0 Å². The molecule has 3 rings (SSSR count). The Balaban J connectivity index is 1.80. The van der Waals surface area contributed by atoms with E-state index in [1.54, 1.807) is 18.2 Å². The SMILES string of the molecule is CC1(C)OC(=O)C(=CNc2cccc(-c3ccc(C#N)cc3)c2)C(=O)O1. The van der Waals surface area contributed by atoms with Crippen LogP contribution in [0.2, 0.25) is 0 Å². The predicted octanol–water partition coefficient (Wildman–Crippen LogP) is 3.36. The predicted molar refractivity (Wildman–Crippen MR) is 94.6 cm³/mol. The summed E-state index contributed by atoms with van der Waals surface area (Å²) >= 11 is 0. The number of esters is 2. The molecule has 26 heavy (non-hydrogen) atoms. The monoisotopic (exact) mass is 348 g/mol. The molecule has 0 amide bonds. The van der Waals surface area contributed by atoms with E-state index in [-0.39, 0.29) is 5.57 Å². The molecule has 1 N–H and O–H groups in total. The van der Waals surface area contributed by atoms with Gasteiger partial charge in [0.2, 0.25) is 0 Å². The molecule has 2 aromatic rings. The fourth-order valence-electron chi connectivity index (χ4n) is 2.46. The van der Waals surface area contributed by atoms with Crippen molar-refractivity contribution in [2.75, 3.05) is 5.32 Å². The number of nitriles is 1. The zero-order valence-corrected chi connectivity index (χ0v) is 14.3. The first-order valence-corrected chi connectivity index (χ1v) is 7.92. The number of carbonyl (C=O) groups excluding carboxylic acids is 2. The number of ether oxygens (including phenoxy) is 2. The summed E-state index contributed by atoms with van der Waals surface area (Å²) in [5.74, 6) is -2.73. The van der Waals surface area contributed by atoms with Gasteiger partial charge in [-0.2, -0.15) is 5.26 Å². The van der Waals surface area contributed by atoms with Crippen LogP contribution in [0.1, 0.15) is 19.4 Å². The number of hydrogen-bond donors (Lipinski definition) is 1. The molecule has 0 aliphatic carbocycles. The molecule has 6 heteroatoms. The molecule has 0 atom stereocenters. The van der Waals surface area contributed by atoms with Crippen molar-refractivity contribution in [2.45, 2.75) is 19.6 Å². The van der Waals surface area contributed by atoms with Crippen LogP contribution in [0.4, 0.5) is 5.69 Å². The Bertz CT molecular complexity index is 915. The molecule has 1 fully saturated rings. The molecule has 0 saturated carbocycles. The van der Waals surface area contributed by atoms with Crippen molar-refractivity contribution in [1.29, 1.82) is 5.26 Å². The summed E-state index contributed by atoms with van der Waals surface area (Å²) in [6.07, 6.45) is 1.28. The quantitative estimate of drug-likeness (QED) is 0.520. The lowest BCUT2D eigenvalue weighted by atomic mass is 10.0. The first-order chi connectivity index (χ1) is 12.4. The molecule has 130 valence electrons. The van der Waals surface area contributed by atoms with Crippen LogP contribution in [-0.4, -0.2) is 17.7 Å². The van der Waals surface area contributed by atoms with Crippen LogP contribution in [0.3, 0.4) is 0 Å². The lowest BCUT2D eigenvalue weighted by molar-refractivity contribution is -0.222. The smallest absolute Gasteiger partial charge is 0.350 e. The van der Waals surface area contributed by atoms with Crippen molar-refractivity contribution in [1.82, 2.24) is 0 Å². The Morgan fingerprint density at radius 1 is 1.00 bits per heavy atom. The van der Waals surface area contributed by atoms with Gasteiger partial charge in [-0.05, 0) is 35.4 Å². The number of cyclic esters (lactones) is 2. The Morgan fingerprint density at radius 2 is 1.65 bits per heavy atom. The second-order valence-corrected chi connectivity index (χ2v) is 6.15. The third-order valence-corrected chi connectivity index (χ3v) is 3.71. The second-order valence-electron chi connectivity index (χ2n) is 6.15. The van der Waals surface area contributed by atoms with Crippen LogP contribution in [-0.2, 0) is 19.1 Å². The third kappa shape index (κ3) is 3.73. The number of nitrogens with one attached hydrogen (secondary N) is 1. The molecule has 2 aromatic carbocycles. The molecule has 0 bridgehead atoms. The highest BCUT2D eigenvalue weighted by atomic mass is 16.7. The first kappa shape index (κ1) is 17.2. The van der Waals surface area contributed by atoms with Crippen molar-refractivity contribution in [3.8, 4) is 17.2 Å². The van der Waals surface area contributed by atoms with Crippen LogP contribution in [0.15, 0.2) is 60.3 Å². The second kappa shape index (κ2) is 6.73. The summed E-state index contributed by atoms with van der Waals surface area (Å²) in [4.78, 5) is 23.9. The number of carbonyl (C=O) groups is 2. The normalized spacial score (nSPS) is 15.5. The minimum atomic E-state index is -1.26. The maximum Gasteiger partial charge on any atom is 0.350 e. The lowest BCUT2D eigenvalue weighted by Crippen LogP contribution is -2.42. The third-order valence-electron chi connectivity index (χ3n) is 3.71. The zero-order chi connectivity index (χ0) is 18.7. The molecule has 1 aliphatic rings. The van der Waals surface area contributed by atoms with Gasteiger partial charge in [-0.3, -0.25) is 0 Å². The van der Waals surface area contributed by atoms with Crippen molar-refractivity contribution in [3.63, 3.8) is 0 Å². The molecule has 0 radical (unpaired) electrons. The highest BCUT2D eigenvalue weighted by Gasteiger charge is 2.38. The van der Waals surface area contributed by atoms with Gasteiger partial charge in [-0.25, -0.2) is 9.59 Å². The van der Waals surface area contributed by atoms with E-state index in [0.717, 1.165) is 11.1 Å². The van der Waals surface area contributed by atoms with Gasteiger partial charge >= 0.3 is 11.9 Å². The highest BCUT2D eigenvalue weighted by molar-refractivity contribution is 6.15. The maximum absolute atomic E-state index is 11.9. The minimum absolute atomic E-state index is 0.201. The van der Waals surface area contributed by atoms with Crippen LogP contribution < -0.4 is 5.32 Å². The Hall–Kier alpha value is -3.59. The van der Waals surface area contributed by atoms with E-state index in [9.17, 15) is 9.59 Å². The lowest BCUT2D eigenvalue weighted by Gasteiger charge is -2.29. The molecule has 1 heterocycles.